The van der Waals surface area contributed by atoms with E-state index in [4.69, 9.17) is 9.72 Å². The first-order chi connectivity index (χ1) is 10.2. The number of fused-ring (bicyclic) bond motifs is 1. The Morgan fingerprint density at radius 2 is 1.82 bits per heavy atom. The summed E-state index contributed by atoms with van der Waals surface area (Å²) in [7, 11) is 3.74. The van der Waals surface area contributed by atoms with Gasteiger partial charge in [0, 0.05) is 0 Å². The SMILES string of the molecule is COc1ccc2c(c1)c(SC)nc(-c1ccccc1)[n+]2C.[I-]. The Bertz CT molecular complexity index is 794. The first-order valence-electron chi connectivity index (χ1n) is 6.72. The molecule has 2 aromatic carbocycles. The molecule has 3 aromatic rings. The first kappa shape index (κ1) is 17.0. The van der Waals surface area contributed by atoms with Gasteiger partial charge in [-0.3, -0.25) is 0 Å². The molecule has 5 heteroatoms. The minimum atomic E-state index is 0. The third-order valence-electron chi connectivity index (χ3n) is 3.55. The van der Waals surface area contributed by atoms with Gasteiger partial charge in [-0.15, -0.1) is 0 Å². The lowest BCUT2D eigenvalue weighted by Gasteiger charge is -2.07. The lowest BCUT2D eigenvalue weighted by molar-refractivity contribution is -0.636. The van der Waals surface area contributed by atoms with Crippen molar-refractivity contribution < 1.29 is 33.3 Å². The van der Waals surface area contributed by atoms with Crippen LogP contribution in [0.2, 0.25) is 0 Å². The second-order valence-electron chi connectivity index (χ2n) is 4.75. The molecule has 0 radical (unpaired) electrons. The molecule has 1 heterocycles. The van der Waals surface area contributed by atoms with Crippen LogP contribution in [0.3, 0.4) is 0 Å². The van der Waals surface area contributed by atoms with Gasteiger partial charge in [-0.05, 0) is 41.6 Å². The molecule has 0 amide bonds. The van der Waals surface area contributed by atoms with Crippen LogP contribution in [0.25, 0.3) is 22.3 Å². The topological polar surface area (TPSA) is 26.0 Å². The van der Waals surface area contributed by atoms with Gasteiger partial charge in [0.25, 0.3) is 0 Å². The van der Waals surface area contributed by atoms with Crippen molar-refractivity contribution in [3.63, 3.8) is 0 Å². The van der Waals surface area contributed by atoms with Crippen LogP contribution < -0.4 is 33.3 Å². The van der Waals surface area contributed by atoms with E-state index in [1.54, 1.807) is 18.9 Å². The fraction of sp³-hybridized carbons (Fsp3) is 0.176. The average Bonchev–Trinajstić information content (AvgIpc) is 2.55. The highest BCUT2D eigenvalue weighted by Crippen LogP contribution is 2.28. The fourth-order valence-corrected chi connectivity index (χ4v) is 3.01. The Labute approximate surface area is 151 Å². The Hall–Kier alpha value is -1.34. The highest BCUT2D eigenvalue weighted by atomic mass is 127. The highest BCUT2D eigenvalue weighted by molar-refractivity contribution is 7.98. The van der Waals surface area contributed by atoms with E-state index in [1.807, 2.05) is 37.4 Å². The van der Waals surface area contributed by atoms with Crippen molar-refractivity contribution in [3.05, 3.63) is 48.5 Å². The second-order valence-corrected chi connectivity index (χ2v) is 5.55. The Kier molecular flexibility index (Phi) is 5.63. The Balaban J connectivity index is 0.00000176. The molecule has 0 N–H and O–H groups in total. The van der Waals surface area contributed by atoms with Gasteiger partial charge in [-0.25, -0.2) is 4.57 Å². The summed E-state index contributed by atoms with van der Waals surface area (Å²) in [6.07, 6.45) is 2.05. The normalized spacial score (nSPS) is 10.3. The average molecular weight is 424 g/mol. The molecule has 0 bridgehead atoms. The predicted molar refractivity (Wildman–Crippen MR) is 86.7 cm³/mol. The third-order valence-corrected chi connectivity index (χ3v) is 4.24. The number of aromatic nitrogens is 2. The molecular formula is C17H17IN2OS. The first-order valence-corrected chi connectivity index (χ1v) is 7.94. The van der Waals surface area contributed by atoms with Gasteiger partial charge in [0.15, 0.2) is 0 Å². The third kappa shape index (κ3) is 3.05. The number of hydrogen-bond acceptors (Lipinski definition) is 3. The minimum Gasteiger partial charge on any atom is -1.00 e. The molecule has 0 unspecified atom stereocenters. The fourth-order valence-electron chi connectivity index (χ4n) is 2.45. The maximum atomic E-state index is 5.33. The second kappa shape index (κ2) is 7.28. The van der Waals surface area contributed by atoms with Gasteiger partial charge in [0.05, 0.1) is 25.1 Å². The van der Waals surface area contributed by atoms with E-state index in [0.717, 1.165) is 33.1 Å². The molecule has 0 saturated heterocycles. The maximum absolute atomic E-state index is 5.33. The number of benzene rings is 2. The summed E-state index contributed by atoms with van der Waals surface area (Å²) in [6.45, 7) is 0. The van der Waals surface area contributed by atoms with Crippen LogP contribution in [-0.2, 0) is 7.05 Å². The molecule has 114 valence electrons. The largest absolute Gasteiger partial charge is 1.00 e. The monoisotopic (exact) mass is 424 g/mol. The van der Waals surface area contributed by atoms with E-state index in [2.05, 4.69) is 29.0 Å². The molecule has 0 spiro atoms. The lowest BCUT2D eigenvalue weighted by Crippen LogP contribution is -3.00. The lowest BCUT2D eigenvalue weighted by atomic mass is 10.2. The zero-order chi connectivity index (χ0) is 14.8. The van der Waals surface area contributed by atoms with E-state index in [9.17, 15) is 0 Å². The van der Waals surface area contributed by atoms with Gasteiger partial charge in [-0.1, -0.05) is 30.0 Å². The highest BCUT2D eigenvalue weighted by Gasteiger charge is 2.20. The van der Waals surface area contributed by atoms with Crippen LogP contribution in [0, 0.1) is 0 Å². The van der Waals surface area contributed by atoms with Crippen molar-refractivity contribution in [2.24, 2.45) is 7.05 Å². The number of aryl methyl sites for hydroxylation is 1. The van der Waals surface area contributed by atoms with Crippen molar-refractivity contribution in [3.8, 4) is 17.1 Å². The van der Waals surface area contributed by atoms with Crippen LogP contribution in [0.5, 0.6) is 5.75 Å². The van der Waals surface area contributed by atoms with Gasteiger partial charge in [0.2, 0.25) is 5.03 Å². The minimum absolute atomic E-state index is 0. The molecule has 1 aromatic heterocycles. The number of methoxy groups -OCH3 is 1. The summed E-state index contributed by atoms with van der Waals surface area (Å²) in [5.41, 5.74) is 2.27. The predicted octanol–water partition coefficient (Wildman–Crippen LogP) is 0.461. The number of halogens is 1. The van der Waals surface area contributed by atoms with E-state index in [-0.39, 0.29) is 24.0 Å². The summed E-state index contributed by atoms with van der Waals surface area (Å²) in [6, 6.07) is 16.4. The maximum Gasteiger partial charge on any atom is 0.331 e. The molecule has 0 saturated carbocycles. The van der Waals surface area contributed by atoms with Crippen molar-refractivity contribution in [2.75, 3.05) is 13.4 Å². The quantitative estimate of drug-likeness (QED) is 0.265. The summed E-state index contributed by atoms with van der Waals surface area (Å²) >= 11 is 1.66. The van der Waals surface area contributed by atoms with Crippen molar-refractivity contribution >= 4 is 22.7 Å². The summed E-state index contributed by atoms with van der Waals surface area (Å²) in [5.74, 6) is 1.82. The van der Waals surface area contributed by atoms with Crippen molar-refractivity contribution in [2.45, 2.75) is 5.03 Å². The molecular weight excluding hydrogens is 407 g/mol. The van der Waals surface area contributed by atoms with E-state index in [1.165, 1.54) is 0 Å². The number of ether oxygens (including phenoxy) is 1. The smallest absolute Gasteiger partial charge is 0.331 e. The molecule has 0 aliphatic rings. The zero-order valence-corrected chi connectivity index (χ0v) is 15.7. The number of rotatable bonds is 3. The number of nitrogens with zero attached hydrogens (tertiary/aromatic N) is 2. The molecule has 0 aliphatic heterocycles. The zero-order valence-electron chi connectivity index (χ0n) is 12.7. The van der Waals surface area contributed by atoms with Gasteiger partial charge < -0.3 is 28.7 Å². The molecule has 3 nitrogen and oxygen atoms in total. The summed E-state index contributed by atoms with van der Waals surface area (Å²) in [5, 5.41) is 2.13. The summed E-state index contributed by atoms with van der Waals surface area (Å²) in [4.78, 5) is 4.83. The van der Waals surface area contributed by atoms with E-state index >= 15 is 0 Å². The van der Waals surface area contributed by atoms with E-state index in [0.29, 0.717) is 0 Å². The summed E-state index contributed by atoms with van der Waals surface area (Å²) < 4.78 is 7.46. The van der Waals surface area contributed by atoms with Crippen LogP contribution in [0.4, 0.5) is 0 Å². The van der Waals surface area contributed by atoms with Gasteiger partial charge in [-0.2, -0.15) is 0 Å². The van der Waals surface area contributed by atoms with Crippen LogP contribution >= 0.6 is 11.8 Å². The molecule has 0 atom stereocenters. The van der Waals surface area contributed by atoms with Gasteiger partial charge >= 0.3 is 5.82 Å². The number of hydrogen-bond donors (Lipinski definition) is 0. The Morgan fingerprint density at radius 1 is 1.09 bits per heavy atom. The van der Waals surface area contributed by atoms with Crippen LogP contribution in [0.15, 0.2) is 53.6 Å². The molecule has 3 rings (SSSR count). The van der Waals surface area contributed by atoms with Crippen LogP contribution in [0.1, 0.15) is 0 Å². The Morgan fingerprint density at radius 3 is 2.45 bits per heavy atom. The molecule has 22 heavy (non-hydrogen) atoms. The standard InChI is InChI=1S/C17H17N2OS.HI/c1-19-15-10-9-13(20-2)11-14(15)17(21-3)18-16(19)12-7-5-4-6-8-12;/h4-11H,1-3H3;1H/q+1;/p-1. The van der Waals surface area contributed by atoms with Crippen molar-refractivity contribution in [1.29, 1.82) is 0 Å². The molecule has 0 fully saturated rings. The van der Waals surface area contributed by atoms with Crippen molar-refractivity contribution in [1.82, 2.24) is 4.98 Å². The van der Waals surface area contributed by atoms with Crippen LogP contribution in [-0.4, -0.2) is 18.3 Å². The number of thioether (sulfide) groups is 1. The van der Waals surface area contributed by atoms with Gasteiger partial charge in [0.1, 0.15) is 11.3 Å². The molecule has 0 aliphatic carbocycles. The van der Waals surface area contributed by atoms with E-state index < -0.39 is 0 Å².